The van der Waals surface area contributed by atoms with Crippen LogP contribution in [0.1, 0.15) is 38.8 Å². The number of aryl methyl sites for hydroxylation is 1. The third-order valence-electron chi connectivity index (χ3n) is 6.89. The number of rotatable bonds is 7. The zero-order valence-electron chi connectivity index (χ0n) is 20.6. The number of carboxylic acids is 1. The van der Waals surface area contributed by atoms with E-state index in [1.807, 2.05) is 26.0 Å². The number of carbonyl (C=O) groups is 2. The van der Waals surface area contributed by atoms with Crippen LogP contribution in [0.2, 0.25) is 5.02 Å². The number of fused-ring (bicyclic) bond motifs is 1. The molecule has 4 rings (SSSR count). The molecule has 36 heavy (non-hydrogen) atoms. The van der Waals surface area contributed by atoms with Crippen LogP contribution >= 0.6 is 11.6 Å². The van der Waals surface area contributed by atoms with Crippen LogP contribution in [0, 0.1) is 24.6 Å². The minimum atomic E-state index is -0.804. The first-order valence-electron chi connectivity index (χ1n) is 12.2. The van der Waals surface area contributed by atoms with Crippen LogP contribution in [0.4, 0.5) is 4.39 Å². The number of carbonyl (C=O) groups excluding carboxylic acids is 1. The van der Waals surface area contributed by atoms with Crippen molar-refractivity contribution in [3.8, 4) is 16.9 Å². The smallest absolute Gasteiger partial charge is 0.306 e. The summed E-state index contributed by atoms with van der Waals surface area (Å²) < 4.78 is 19.6. The number of aliphatic carboxylic acids is 1. The normalized spacial score (nSPS) is 17.6. The summed E-state index contributed by atoms with van der Waals surface area (Å²) in [5.74, 6) is -1.36. The fourth-order valence-electron chi connectivity index (χ4n) is 5.10. The van der Waals surface area contributed by atoms with Gasteiger partial charge in [-0.3, -0.25) is 14.6 Å². The summed E-state index contributed by atoms with van der Waals surface area (Å²) in [4.78, 5) is 31.1. The first kappa shape index (κ1) is 25.9. The average molecular weight is 513 g/mol. The van der Waals surface area contributed by atoms with Gasteiger partial charge in [0.15, 0.2) is 6.10 Å². The molecule has 8 heteroatoms. The van der Waals surface area contributed by atoms with Crippen molar-refractivity contribution in [2.45, 2.75) is 46.1 Å². The number of amides is 1. The van der Waals surface area contributed by atoms with E-state index in [0.717, 1.165) is 29.5 Å². The van der Waals surface area contributed by atoms with E-state index in [4.69, 9.17) is 16.3 Å². The van der Waals surface area contributed by atoms with Gasteiger partial charge in [0, 0.05) is 35.8 Å². The Morgan fingerprint density at radius 1 is 1.22 bits per heavy atom. The molecule has 6 nitrogen and oxygen atoms in total. The lowest BCUT2D eigenvalue weighted by molar-refractivity contribution is -0.148. The fourth-order valence-corrected chi connectivity index (χ4v) is 5.37. The first-order chi connectivity index (χ1) is 17.2. The highest BCUT2D eigenvalue weighted by atomic mass is 35.5. The van der Waals surface area contributed by atoms with Crippen LogP contribution in [-0.4, -0.2) is 46.1 Å². The lowest BCUT2D eigenvalue weighted by Gasteiger charge is -2.36. The van der Waals surface area contributed by atoms with E-state index in [-0.39, 0.29) is 11.8 Å². The van der Waals surface area contributed by atoms with Crippen molar-refractivity contribution in [1.82, 2.24) is 9.88 Å². The van der Waals surface area contributed by atoms with Gasteiger partial charge in [-0.1, -0.05) is 18.5 Å². The van der Waals surface area contributed by atoms with Gasteiger partial charge in [0.2, 0.25) is 0 Å². The third-order valence-corrected chi connectivity index (χ3v) is 7.20. The molecule has 1 amide bonds. The molecule has 1 fully saturated rings. The number of piperidine rings is 1. The Labute approximate surface area is 215 Å². The van der Waals surface area contributed by atoms with Gasteiger partial charge in [0.1, 0.15) is 11.6 Å². The predicted molar refractivity (Wildman–Crippen MR) is 138 cm³/mol. The Kier molecular flexibility index (Phi) is 7.79. The van der Waals surface area contributed by atoms with Gasteiger partial charge in [-0.05, 0) is 81.0 Å². The molecule has 0 saturated carbocycles. The molecule has 1 N–H and O–H groups in total. The quantitative estimate of drug-likeness (QED) is 0.412. The minimum Gasteiger partial charge on any atom is -0.481 e. The molecule has 1 saturated heterocycles. The summed E-state index contributed by atoms with van der Waals surface area (Å²) in [6.07, 6.45) is 1.39. The van der Waals surface area contributed by atoms with Crippen molar-refractivity contribution in [2.75, 3.05) is 13.1 Å². The van der Waals surface area contributed by atoms with Crippen LogP contribution in [0.3, 0.4) is 0 Å². The Hall–Kier alpha value is -3.19. The number of halogens is 2. The Morgan fingerprint density at radius 2 is 2.00 bits per heavy atom. The van der Waals surface area contributed by atoms with Crippen LogP contribution < -0.4 is 4.74 Å². The summed E-state index contributed by atoms with van der Waals surface area (Å²) in [5.41, 5.74) is 2.98. The SMILES string of the molecule is CCC(C(=O)O)[C@H]1CCCN(C(=O)[C@@H](C)Oc2ccc3c(-c4ccc(F)cc4Cl)cc(C)nc3c2)C1. The Bertz CT molecular complexity index is 1300. The van der Waals surface area contributed by atoms with E-state index < -0.39 is 23.8 Å². The summed E-state index contributed by atoms with van der Waals surface area (Å²) >= 11 is 6.32. The highest BCUT2D eigenvalue weighted by molar-refractivity contribution is 6.33. The van der Waals surface area contributed by atoms with Gasteiger partial charge in [0.05, 0.1) is 16.5 Å². The number of ether oxygens (including phenoxy) is 1. The molecule has 0 radical (unpaired) electrons. The van der Waals surface area contributed by atoms with Crippen LogP contribution in [0.5, 0.6) is 5.75 Å². The van der Waals surface area contributed by atoms with Crippen molar-refractivity contribution in [2.24, 2.45) is 11.8 Å². The molecular formula is C28H30ClFN2O4. The molecule has 3 aromatic rings. The summed E-state index contributed by atoms with van der Waals surface area (Å²) in [7, 11) is 0. The molecule has 2 aromatic carbocycles. The van der Waals surface area contributed by atoms with E-state index >= 15 is 0 Å². The number of nitrogens with zero attached hydrogens (tertiary/aromatic N) is 2. The maximum absolute atomic E-state index is 13.6. The molecular weight excluding hydrogens is 483 g/mol. The van der Waals surface area contributed by atoms with Crippen LogP contribution in [0.25, 0.3) is 22.0 Å². The summed E-state index contributed by atoms with van der Waals surface area (Å²) in [6, 6.07) is 11.6. The third kappa shape index (κ3) is 5.46. The minimum absolute atomic E-state index is 0.0537. The first-order valence-corrected chi connectivity index (χ1v) is 12.6. The van der Waals surface area contributed by atoms with E-state index in [1.54, 1.807) is 30.0 Å². The molecule has 1 unspecified atom stereocenters. The van der Waals surface area contributed by atoms with Crippen molar-refractivity contribution in [3.63, 3.8) is 0 Å². The second kappa shape index (κ2) is 10.8. The fraction of sp³-hybridized carbons (Fsp3) is 0.393. The number of aromatic nitrogens is 1. The van der Waals surface area contributed by atoms with E-state index in [1.165, 1.54) is 12.1 Å². The highest BCUT2D eigenvalue weighted by Gasteiger charge is 2.34. The lowest BCUT2D eigenvalue weighted by Crippen LogP contribution is -2.47. The Balaban J connectivity index is 1.54. The van der Waals surface area contributed by atoms with Gasteiger partial charge >= 0.3 is 5.97 Å². The maximum Gasteiger partial charge on any atom is 0.306 e. The number of hydrogen-bond donors (Lipinski definition) is 1. The summed E-state index contributed by atoms with van der Waals surface area (Å²) in [6.45, 7) is 6.47. The molecule has 2 heterocycles. The van der Waals surface area contributed by atoms with Gasteiger partial charge in [-0.25, -0.2) is 4.39 Å². The maximum atomic E-state index is 13.6. The molecule has 0 spiro atoms. The topological polar surface area (TPSA) is 79.7 Å². The second-order valence-corrected chi connectivity index (χ2v) is 9.82. The predicted octanol–water partition coefficient (Wildman–Crippen LogP) is 6.12. The van der Waals surface area contributed by atoms with Crippen LogP contribution in [-0.2, 0) is 9.59 Å². The molecule has 1 aromatic heterocycles. The largest absolute Gasteiger partial charge is 0.481 e. The van der Waals surface area contributed by atoms with Gasteiger partial charge < -0.3 is 14.7 Å². The van der Waals surface area contributed by atoms with Gasteiger partial charge in [0.25, 0.3) is 5.91 Å². The molecule has 3 atom stereocenters. The number of likely N-dealkylation sites (tertiary alicyclic amines) is 1. The molecule has 1 aliphatic heterocycles. The highest BCUT2D eigenvalue weighted by Crippen LogP contribution is 2.35. The van der Waals surface area contributed by atoms with E-state index in [2.05, 4.69) is 4.98 Å². The molecule has 0 bridgehead atoms. The number of benzene rings is 2. The van der Waals surface area contributed by atoms with Crippen molar-refractivity contribution in [1.29, 1.82) is 0 Å². The average Bonchev–Trinajstić information content (AvgIpc) is 2.83. The van der Waals surface area contributed by atoms with Crippen molar-refractivity contribution < 1.29 is 23.8 Å². The van der Waals surface area contributed by atoms with Crippen molar-refractivity contribution in [3.05, 3.63) is 59.0 Å². The molecule has 1 aliphatic rings. The van der Waals surface area contributed by atoms with Crippen LogP contribution in [0.15, 0.2) is 42.5 Å². The number of hydrogen-bond acceptors (Lipinski definition) is 4. The number of carboxylic acid groups (broad SMARTS) is 1. The zero-order chi connectivity index (χ0) is 26.0. The van der Waals surface area contributed by atoms with E-state index in [0.29, 0.717) is 41.4 Å². The molecule has 0 aliphatic carbocycles. The van der Waals surface area contributed by atoms with Gasteiger partial charge in [-0.15, -0.1) is 0 Å². The van der Waals surface area contributed by atoms with Crippen molar-refractivity contribution >= 4 is 34.4 Å². The lowest BCUT2D eigenvalue weighted by atomic mass is 9.83. The second-order valence-electron chi connectivity index (χ2n) is 9.41. The summed E-state index contributed by atoms with van der Waals surface area (Å²) in [5, 5.41) is 10.7. The molecule has 190 valence electrons. The standard InChI is InChI=1S/C28H30ClFN2O4/c1-4-21(28(34)35)18-6-5-11-32(15-18)27(33)17(3)36-20-8-10-23-24(12-16(2)31-26(23)14-20)22-9-7-19(30)13-25(22)29/h7-10,12-14,17-18,21H,4-6,11,15H2,1-3H3,(H,34,35)/t17-,18+,21?/m1/s1. The monoisotopic (exact) mass is 512 g/mol. The Morgan fingerprint density at radius 3 is 2.69 bits per heavy atom. The van der Waals surface area contributed by atoms with Gasteiger partial charge in [-0.2, -0.15) is 0 Å². The number of pyridine rings is 1. The zero-order valence-corrected chi connectivity index (χ0v) is 21.4. The van der Waals surface area contributed by atoms with E-state index in [9.17, 15) is 19.1 Å².